The average Bonchev–Trinajstić information content (AvgIpc) is 2.61. The van der Waals surface area contributed by atoms with Crippen LogP contribution in [0.3, 0.4) is 0 Å². The van der Waals surface area contributed by atoms with Crippen LogP contribution >= 0.6 is 0 Å². The Hall–Kier alpha value is -2.46. The maximum absolute atomic E-state index is 12.9. The molecule has 0 aliphatic carbocycles. The van der Waals surface area contributed by atoms with Crippen molar-refractivity contribution in [2.24, 2.45) is 0 Å². The molecule has 0 spiro atoms. The third-order valence-corrected chi connectivity index (χ3v) is 4.37. The van der Waals surface area contributed by atoms with Crippen molar-refractivity contribution in [2.75, 3.05) is 19.6 Å². The molecule has 4 nitrogen and oxygen atoms in total. The zero-order chi connectivity index (χ0) is 17.1. The number of benzene rings is 2. The quantitative estimate of drug-likeness (QED) is 0.884. The lowest BCUT2D eigenvalue weighted by atomic mass is 9.97. The van der Waals surface area contributed by atoms with Gasteiger partial charge in [0.2, 0.25) is 0 Å². The molecule has 3 rings (SSSR count). The summed E-state index contributed by atoms with van der Waals surface area (Å²) in [6.45, 7) is 6.14. The average molecular weight is 322 g/mol. The van der Waals surface area contributed by atoms with E-state index in [1.165, 1.54) is 0 Å². The SMILES string of the molecule is Cc1ccc(C(=O)c2ccccc2C(=O)N2CCNC(C)C2)cc1. The van der Waals surface area contributed by atoms with Gasteiger partial charge in [0.25, 0.3) is 5.91 Å². The van der Waals surface area contributed by atoms with Gasteiger partial charge in [0.15, 0.2) is 5.78 Å². The standard InChI is InChI=1S/C20H22N2O2/c1-14-7-9-16(10-8-14)19(23)17-5-3-4-6-18(17)20(24)22-12-11-21-15(2)13-22/h3-10,15,21H,11-13H2,1-2H3. The number of amides is 1. The van der Waals surface area contributed by atoms with Crippen molar-refractivity contribution < 1.29 is 9.59 Å². The van der Waals surface area contributed by atoms with Gasteiger partial charge in [-0.05, 0) is 19.9 Å². The van der Waals surface area contributed by atoms with Crippen molar-refractivity contribution >= 4 is 11.7 Å². The first kappa shape index (κ1) is 16.4. The molecule has 124 valence electrons. The molecular weight excluding hydrogens is 300 g/mol. The number of rotatable bonds is 3. The topological polar surface area (TPSA) is 49.4 Å². The lowest BCUT2D eigenvalue weighted by molar-refractivity contribution is 0.0705. The molecule has 0 saturated carbocycles. The van der Waals surface area contributed by atoms with E-state index in [0.717, 1.165) is 12.1 Å². The summed E-state index contributed by atoms with van der Waals surface area (Å²) >= 11 is 0. The third-order valence-electron chi connectivity index (χ3n) is 4.37. The molecule has 1 atom stereocenters. The number of hydrogen-bond acceptors (Lipinski definition) is 3. The summed E-state index contributed by atoms with van der Waals surface area (Å²) in [7, 11) is 0. The van der Waals surface area contributed by atoms with Gasteiger partial charge >= 0.3 is 0 Å². The Morgan fingerprint density at radius 3 is 2.38 bits per heavy atom. The van der Waals surface area contributed by atoms with Gasteiger partial charge in [-0.2, -0.15) is 0 Å². The second-order valence-electron chi connectivity index (χ2n) is 6.35. The van der Waals surface area contributed by atoms with Gasteiger partial charge in [-0.3, -0.25) is 9.59 Å². The predicted octanol–water partition coefficient (Wildman–Crippen LogP) is 2.66. The molecule has 0 radical (unpaired) electrons. The van der Waals surface area contributed by atoms with E-state index >= 15 is 0 Å². The smallest absolute Gasteiger partial charge is 0.254 e. The highest BCUT2D eigenvalue weighted by Gasteiger charge is 2.25. The first-order chi connectivity index (χ1) is 11.6. The van der Waals surface area contributed by atoms with E-state index in [1.807, 2.05) is 42.2 Å². The van der Waals surface area contributed by atoms with Crippen LogP contribution in [0.5, 0.6) is 0 Å². The molecule has 1 saturated heterocycles. The summed E-state index contributed by atoms with van der Waals surface area (Å²) < 4.78 is 0. The third kappa shape index (κ3) is 3.39. The van der Waals surface area contributed by atoms with E-state index in [2.05, 4.69) is 12.2 Å². The van der Waals surface area contributed by atoms with Crippen LogP contribution in [-0.2, 0) is 0 Å². The summed E-state index contributed by atoms with van der Waals surface area (Å²) in [4.78, 5) is 27.6. The van der Waals surface area contributed by atoms with Crippen LogP contribution in [0.15, 0.2) is 48.5 Å². The number of aryl methyl sites for hydroxylation is 1. The van der Waals surface area contributed by atoms with E-state index in [4.69, 9.17) is 0 Å². The minimum absolute atomic E-state index is 0.0700. The molecule has 1 N–H and O–H groups in total. The Balaban J connectivity index is 1.91. The van der Waals surface area contributed by atoms with Gasteiger partial charge < -0.3 is 10.2 Å². The van der Waals surface area contributed by atoms with E-state index < -0.39 is 0 Å². The highest BCUT2D eigenvalue weighted by atomic mass is 16.2. The number of ketones is 1. The molecule has 4 heteroatoms. The number of carbonyl (C=O) groups is 2. The van der Waals surface area contributed by atoms with Gasteiger partial charge in [0.05, 0.1) is 5.56 Å². The number of nitrogens with zero attached hydrogens (tertiary/aromatic N) is 1. The molecule has 1 aliphatic rings. The Labute approximate surface area is 142 Å². The van der Waals surface area contributed by atoms with Gasteiger partial charge in [0.1, 0.15) is 0 Å². The Kier molecular flexibility index (Phi) is 4.76. The van der Waals surface area contributed by atoms with Crippen molar-refractivity contribution in [1.29, 1.82) is 0 Å². The number of hydrogen-bond donors (Lipinski definition) is 1. The number of carbonyl (C=O) groups excluding carboxylic acids is 2. The van der Waals surface area contributed by atoms with Gasteiger partial charge in [-0.15, -0.1) is 0 Å². The minimum Gasteiger partial charge on any atom is -0.336 e. The molecular formula is C20H22N2O2. The van der Waals surface area contributed by atoms with Crippen molar-refractivity contribution in [3.8, 4) is 0 Å². The van der Waals surface area contributed by atoms with Crippen molar-refractivity contribution in [2.45, 2.75) is 19.9 Å². The summed E-state index contributed by atoms with van der Waals surface area (Å²) in [5.74, 6) is -0.179. The summed E-state index contributed by atoms with van der Waals surface area (Å²) in [6.07, 6.45) is 0. The van der Waals surface area contributed by atoms with Crippen LogP contribution in [0.2, 0.25) is 0 Å². The van der Waals surface area contributed by atoms with Crippen LogP contribution < -0.4 is 5.32 Å². The molecule has 1 heterocycles. The Bertz CT molecular complexity index is 752. The Morgan fingerprint density at radius 1 is 1.04 bits per heavy atom. The summed E-state index contributed by atoms with van der Waals surface area (Å²) in [5.41, 5.74) is 2.66. The first-order valence-corrected chi connectivity index (χ1v) is 8.29. The second-order valence-corrected chi connectivity index (χ2v) is 6.35. The molecule has 2 aromatic rings. The molecule has 1 aliphatic heterocycles. The minimum atomic E-state index is -0.109. The molecule has 0 aromatic heterocycles. The molecule has 1 fully saturated rings. The summed E-state index contributed by atoms with van der Waals surface area (Å²) in [5, 5.41) is 3.33. The fraction of sp³-hybridized carbons (Fsp3) is 0.300. The maximum Gasteiger partial charge on any atom is 0.254 e. The zero-order valence-corrected chi connectivity index (χ0v) is 14.1. The lowest BCUT2D eigenvalue weighted by Gasteiger charge is -2.32. The van der Waals surface area contributed by atoms with Crippen molar-refractivity contribution in [1.82, 2.24) is 10.2 Å². The van der Waals surface area contributed by atoms with E-state index in [1.54, 1.807) is 18.2 Å². The Morgan fingerprint density at radius 2 is 1.71 bits per heavy atom. The monoisotopic (exact) mass is 322 g/mol. The maximum atomic E-state index is 12.9. The second kappa shape index (κ2) is 6.97. The van der Waals surface area contributed by atoms with E-state index in [0.29, 0.717) is 29.8 Å². The van der Waals surface area contributed by atoms with E-state index in [-0.39, 0.29) is 17.7 Å². The fourth-order valence-electron chi connectivity index (χ4n) is 3.02. The van der Waals surface area contributed by atoms with Crippen LogP contribution in [0.25, 0.3) is 0 Å². The van der Waals surface area contributed by atoms with E-state index in [9.17, 15) is 9.59 Å². The predicted molar refractivity (Wildman–Crippen MR) is 94.4 cm³/mol. The number of piperazine rings is 1. The normalized spacial score (nSPS) is 17.6. The first-order valence-electron chi connectivity index (χ1n) is 8.29. The highest BCUT2D eigenvalue weighted by Crippen LogP contribution is 2.18. The largest absolute Gasteiger partial charge is 0.336 e. The molecule has 1 amide bonds. The van der Waals surface area contributed by atoms with Crippen LogP contribution in [0.1, 0.15) is 38.8 Å². The van der Waals surface area contributed by atoms with Crippen molar-refractivity contribution in [3.05, 3.63) is 70.8 Å². The van der Waals surface area contributed by atoms with Crippen LogP contribution in [0.4, 0.5) is 0 Å². The van der Waals surface area contributed by atoms with Gasteiger partial charge in [-0.1, -0.05) is 48.0 Å². The lowest BCUT2D eigenvalue weighted by Crippen LogP contribution is -2.51. The summed E-state index contributed by atoms with van der Waals surface area (Å²) in [6, 6.07) is 14.8. The van der Waals surface area contributed by atoms with Crippen molar-refractivity contribution in [3.63, 3.8) is 0 Å². The van der Waals surface area contributed by atoms with Crippen LogP contribution in [-0.4, -0.2) is 42.3 Å². The highest BCUT2D eigenvalue weighted by molar-refractivity contribution is 6.15. The van der Waals surface area contributed by atoms with Crippen LogP contribution in [0, 0.1) is 6.92 Å². The number of nitrogens with one attached hydrogen (secondary N) is 1. The molecule has 24 heavy (non-hydrogen) atoms. The van der Waals surface area contributed by atoms with Gasteiger partial charge in [0, 0.05) is 36.8 Å². The zero-order valence-electron chi connectivity index (χ0n) is 14.1. The molecule has 2 aromatic carbocycles. The molecule has 0 bridgehead atoms. The fourth-order valence-corrected chi connectivity index (χ4v) is 3.02. The van der Waals surface area contributed by atoms with Gasteiger partial charge in [-0.25, -0.2) is 0 Å². The molecule has 1 unspecified atom stereocenters.